The van der Waals surface area contributed by atoms with Crippen molar-refractivity contribution in [2.45, 2.75) is 26.2 Å². The standard InChI is InChI=1S/2C35H31ClN6O3S/c1-45-31-4-2-3-27(19-31)34(43)42(23-30-21-38-24-41(30)22-26-7-5-25(20-37)6-8-26)29-11-9-28(10-12-29)39-15-17-40(18-16-39)35(44)32-13-14-33(36)46-32;1-45-31-5-3-2-4-30(31)34(43)42(23-29-21-38-24-41(29)22-26-8-6-25(20-37)7-9-26)28-12-10-27(11-13-28)39-16-18-40(19-17-39)35(44)32-14-15-33(36)46-32/h2-14,19,21,24H,15-18,22-23H2,1H3;2-15,21,24H,16-19,22-23H2,1H3. The van der Waals surface area contributed by atoms with E-state index in [2.05, 4.69) is 31.9 Å². The third kappa shape index (κ3) is 15.2. The molecular formula is C70H62Cl2N12O6S2. The van der Waals surface area contributed by atoms with Gasteiger partial charge in [-0.1, -0.05) is 65.7 Å². The van der Waals surface area contributed by atoms with Gasteiger partial charge in [0.1, 0.15) is 11.5 Å². The van der Waals surface area contributed by atoms with Gasteiger partial charge in [-0.15, -0.1) is 22.7 Å². The number of carbonyl (C=O) groups is 4. The number of hydrogen-bond acceptors (Lipinski definition) is 14. The van der Waals surface area contributed by atoms with Gasteiger partial charge in [-0.3, -0.25) is 19.2 Å². The molecule has 0 aliphatic carbocycles. The summed E-state index contributed by atoms with van der Waals surface area (Å²) in [6.07, 6.45) is 7.04. The van der Waals surface area contributed by atoms with Gasteiger partial charge in [0.2, 0.25) is 0 Å². The molecule has 2 saturated heterocycles. The lowest BCUT2D eigenvalue weighted by atomic mass is 10.1. The second-order valence-corrected chi connectivity index (χ2v) is 25.1. The number of benzene rings is 6. The molecule has 4 amide bonds. The maximum absolute atomic E-state index is 14.1. The van der Waals surface area contributed by atoms with E-state index in [4.69, 9.17) is 43.2 Å². The van der Waals surface area contributed by atoms with Crippen LogP contribution in [-0.4, -0.2) is 119 Å². The van der Waals surface area contributed by atoms with Gasteiger partial charge in [0.25, 0.3) is 23.6 Å². The second kappa shape index (κ2) is 29.6. The number of carbonyl (C=O) groups excluding carboxylic acids is 4. The van der Waals surface area contributed by atoms with E-state index in [0.717, 1.165) is 45.3 Å². The number of hydrogen-bond donors (Lipinski definition) is 0. The fourth-order valence-electron chi connectivity index (χ4n) is 11.0. The first-order valence-electron chi connectivity index (χ1n) is 29.5. The predicted octanol–water partition coefficient (Wildman–Crippen LogP) is 12.7. The molecule has 0 radical (unpaired) electrons. The number of aromatic nitrogens is 4. The summed E-state index contributed by atoms with van der Waals surface area (Å²) < 4.78 is 16.1. The van der Waals surface area contributed by atoms with Crippen molar-refractivity contribution in [3.05, 3.63) is 258 Å². The van der Waals surface area contributed by atoms with E-state index >= 15 is 0 Å². The van der Waals surface area contributed by atoms with Crippen LogP contribution >= 0.6 is 45.9 Å². The summed E-state index contributed by atoms with van der Waals surface area (Å²) in [6.45, 7) is 6.90. The number of rotatable bonds is 18. The zero-order valence-corrected chi connectivity index (χ0v) is 53.5. The van der Waals surface area contributed by atoms with E-state index in [-0.39, 0.29) is 30.2 Å². The van der Waals surface area contributed by atoms with Crippen molar-refractivity contribution in [3.63, 3.8) is 0 Å². The van der Waals surface area contributed by atoms with E-state index in [1.54, 1.807) is 128 Å². The third-order valence-electron chi connectivity index (χ3n) is 16.0. The van der Waals surface area contributed by atoms with Crippen LogP contribution in [0.5, 0.6) is 11.5 Å². The monoisotopic (exact) mass is 1300 g/mol. The molecule has 0 unspecified atom stereocenters. The lowest BCUT2D eigenvalue weighted by Crippen LogP contribution is -2.48. The third-order valence-corrected chi connectivity index (χ3v) is 18.4. The molecule has 10 aromatic rings. The topological polar surface area (TPSA) is 189 Å². The van der Waals surface area contributed by atoms with Gasteiger partial charge in [0.05, 0.1) is 98.6 Å². The number of methoxy groups -OCH3 is 2. The highest BCUT2D eigenvalue weighted by molar-refractivity contribution is 7.18. The number of imidazole rings is 2. The molecule has 4 aromatic heterocycles. The highest BCUT2D eigenvalue weighted by Crippen LogP contribution is 2.32. The average molecular weight is 1300 g/mol. The number of para-hydroxylation sites is 1. The quantitative estimate of drug-likeness (QED) is 0.0791. The molecule has 0 atom stereocenters. The molecule has 22 heteroatoms. The summed E-state index contributed by atoms with van der Waals surface area (Å²) in [4.78, 5) is 75.7. The second-order valence-electron chi connectivity index (χ2n) is 21.7. The molecule has 0 saturated carbocycles. The van der Waals surface area contributed by atoms with E-state index < -0.39 is 0 Å². The Balaban J connectivity index is 0.000000188. The molecule has 0 bridgehead atoms. The maximum atomic E-state index is 14.1. The Bertz CT molecular complexity index is 4290. The van der Waals surface area contributed by atoms with Crippen LogP contribution < -0.4 is 29.1 Å². The predicted molar refractivity (Wildman–Crippen MR) is 360 cm³/mol. The first-order chi connectivity index (χ1) is 44.8. The highest BCUT2D eigenvalue weighted by atomic mass is 35.5. The Kier molecular flexibility index (Phi) is 20.4. The van der Waals surface area contributed by atoms with Gasteiger partial charge < -0.3 is 48.0 Å². The van der Waals surface area contributed by atoms with Crippen LogP contribution in [0, 0.1) is 22.7 Å². The number of nitrogens with zero attached hydrogens (tertiary/aromatic N) is 12. The molecule has 2 aliphatic heterocycles. The molecule has 2 fully saturated rings. The Labute approximate surface area is 551 Å². The van der Waals surface area contributed by atoms with Crippen molar-refractivity contribution < 1.29 is 28.7 Å². The number of piperazine rings is 2. The number of ether oxygens (including phenoxy) is 2. The van der Waals surface area contributed by atoms with Crippen LogP contribution in [-0.2, 0) is 26.2 Å². The lowest BCUT2D eigenvalue weighted by molar-refractivity contribution is 0.0744. The summed E-state index contributed by atoms with van der Waals surface area (Å²) in [5, 5.41) is 18.3. The normalized spacial score (nSPS) is 12.9. The van der Waals surface area contributed by atoms with Gasteiger partial charge in [0, 0.05) is 106 Å². The summed E-state index contributed by atoms with van der Waals surface area (Å²) in [5.74, 6) is 0.757. The van der Waals surface area contributed by atoms with E-state index in [1.807, 2.05) is 110 Å². The molecule has 12 rings (SSSR count). The van der Waals surface area contributed by atoms with Crippen LogP contribution in [0.2, 0.25) is 8.67 Å². The smallest absolute Gasteiger partial charge is 0.264 e. The molecule has 464 valence electrons. The number of thiophene rings is 2. The minimum absolute atomic E-state index is 0.0100. The maximum Gasteiger partial charge on any atom is 0.264 e. The summed E-state index contributed by atoms with van der Waals surface area (Å²) in [5.41, 5.74) is 9.44. The van der Waals surface area contributed by atoms with Crippen LogP contribution in [0.15, 0.2) is 195 Å². The molecule has 18 nitrogen and oxygen atoms in total. The van der Waals surface area contributed by atoms with Crippen molar-refractivity contribution in [1.29, 1.82) is 10.5 Å². The minimum Gasteiger partial charge on any atom is -0.497 e. The van der Waals surface area contributed by atoms with Gasteiger partial charge in [0.15, 0.2) is 0 Å². The molecule has 0 spiro atoms. The van der Waals surface area contributed by atoms with Crippen molar-refractivity contribution in [1.82, 2.24) is 28.9 Å². The van der Waals surface area contributed by atoms with Crippen LogP contribution in [0.1, 0.15) is 73.7 Å². The molecule has 6 heterocycles. The van der Waals surface area contributed by atoms with Crippen LogP contribution in [0.3, 0.4) is 0 Å². The Morgan fingerprint density at radius 1 is 0.522 bits per heavy atom. The van der Waals surface area contributed by atoms with E-state index in [0.29, 0.717) is 124 Å². The molecule has 0 N–H and O–H groups in total. The van der Waals surface area contributed by atoms with Crippen molar-refractivity contribution >= 4 is 92.3 Å². The number of anilines is 4. The van der Waals surface area contributed by atoms with E-state index in [9.17, 15) is 19.2 Å². The Hall–Kier alpha value is -10.2. The fourth-order valence-corrected chi connectivity index (χ4v) is 13.0. The highest BCUT2D eigenvalue weighted by Gasteiger charge is 2.28. The fraction of sp³-hybridized carbons (Fsp3) is 0.200. The van der Waals surface area contributed by atoms with Gasteiger partial charge >= 0.3 is 0 Å². The number of halogens is 2. The summed E-state index contributed by atoms with van der Waals surface area (Å²) in [7, 11) is 3.14. The largest absolute Gasteiger partial charge is 0.497 e. The van der Waals surface area contributed by atoms with Crippen LogP contribution in [0.25, 0.3) is 0 Å². The van der Waals surface area contributed by atoms with Crippen molar-refractivity contribution in [3.8, 4) is 23.6 Å². The Morgan fingerprint density at radius 2 is 0.978 bits per heavy atom. The number of nitriles is 2. The van der Waals surface area contributed by atoms with Gasteiger partial charge in [-0.25, -0.2) is 9.97 Å². The molecule has 6 aromatic carbocycles. The SMILES string of the molecule is COc1cccc(C(=O)N(Cc2cncn2Cc2ccc(C#N)cc2)c2ccc(N3CCN(C(=O)c4ccc(Cl)s4)CC3)cc2)c1.COc1ccccc1C(=O)N(Cc1cncn1Cc1ccc(C#N)cc1)c1ccc(N2CCN(C(=O)c3ccc(Cl)s3)CC2)cc1. The average Bonchev–Trinajstić information content (AvgIpc) is 2.03. The van der Waals surface area contributed by atoms with Crippen molar-refractivity contribution in [2.24, 2.45) is 0 Å². The summed E-state index contributed by atoms with van der Waals surface area (Å²) in [6, 6.07) is 56.5. The van der Waals surface area contributed by atoms with Crippen LogP contribution in [0.4, 0.5) is 22.7 Å². The van der Waals surface area contributed by atoms with Gasteiger partial charge in [-0.2, -0.15) is 10.5 Å². The summed E-state index contributed by atoms with van der Waals surface area (Å²) >= 11 is 14.7. The molecular weight excluding hydrogens is 1240 g/mol. The first-order valence-corrected chi connectivity index (χ1v) is 31.9. The zero-order valence-electron chi connectivity index (χ0n) is 50.3. The lowest BCUT2D eigenvalue weighted by Gasteiger charge is -2.36. The molecule has 92 heavy (non-hydrogen) atoms. The minimum atomic E-state index is -0.197. The zero-order chi connectivity index (χ0) is 64.1. The first kappa shape index (κ1) is 63.4. The van der Waals surface area contributed by atoms with Crippen molar-refractivity contribution in [2.75, 3.05) is 86.2 Å². The number of amides is 4. The van der Waals surface area contributed by atoms with Gasteiger partial charge in [-0.05, 0) is 139 Å². The Morgan fingerprint density at radius 3 is 1.40 bits per heavy atom. The molecule has 2 aliphatic rings. The van der Waals surface area contributed by atoms with E-state index in [1.165, 1.54) is 22.7 Å².